The van der Waals surface area contributed by atoms with Crippen LogP contribution in [0.5, 0.6) is 0 Å². The standard InChI is InChI=1S/C23H22N4O4S2/c28-22(8-7-21-24-23(25-31-21)19-9-14-32-16-19)26-10-12-27(13-11-26)33(29,30)20-6-5-17-3-1-2-4-18(17)15-20/h1-6,9,14-16H,7-8,10-13H2. The van der Waals surface area contributed by atoms with E-state index in [2.05, 4.69) is 10.1 Å². The number of benzene rings is 2. The summed E-state index contributed by atoms with van der Waals surface area (Å²) in [6, 6.07) is 14.7. The van der Waals surface area contributed by atoms with Crippen molar-refractivity contribution in [3.63, 3.8) is 0 Å². The van der Waals surface area contributed by atoms with E-state index in [1.165, 1.54) is 4.31 Å². The molecule has 8 nitrogen and oxygen atoms in total. The predicted molar refractivity (Wildman–Crippen MR) is 125 cm³/mol. The zero-order chi connectivity index (χ0) is 22.8. The van der Waals surface area contributed by atoms with Gasteiger partial charge in [-0.15, -0.1) is 0 Å². The van der Waals surface area contributed by atoms with E-state index in [1.807, 2.05) is 47.2 Å². The molecule has 0 saturated carbocycles. The zero-order valence-electron chi connectivity index (χ0n) is 17.8. The van der Waals surface area contributed by atoms with Gasteiger partial charge in [0.25, 0.3) is 0 Å². The monoisotopic (exact) mass is 482 g/mol. The second kappa shape index (κ2) is 9.05. The number of carbonyl (C=O) groups excluding carboxylic acids is 1. The summed E-state index contributed by atoms with van der Waals surface area (Å²) >= 11 is 1.55. The fraction of sp³-hybridized carbons (Fsp3) is 0.261. The minimum absolute atomic E-state index is 0.0481. The summed E-state index contributed by atoms with van der Waals surface area (Å²) in [5.74, 6) is 0.890. The van der Waals surface area contributed by atoms with E-state index in [9.17, 15) is 13.2 Å². The molecule has 170 valence electrons. The van der Waals surface area contributed by atoms with Gasteiger partial charge in [0.05, 0.1) is 4.90 Å². The summed E-state index contributed by atoms with van der Waals surface area (Å²) < 4.78 is 32.9. The van der Waals surface area contributed by atoms with E-state index in [4.69, 9.17) is 4.52 Å². The maximum atomic E-state index is 13.1. The maximum Gasteiger partial charge on any atom is 0.243 e. The summed E-state index contributed by atoms with van der Waals surface area (Å²) in [6.07, 6.45) is 0.592. The highest BCUT2D eigenvalue weighted by atomic mass is 32.2. The van der Waals surface area contributed by atoms with Crippen LogP contribution in [-0.4, -0.2) is 59.8 Å². The smallest absolute Gasteiger partial charge is 0.243 e. The molecule has 1 amide bonds. The molecule has 1 saturated heterocycles. The SMILES string of the molecule is O=C(CCc1nc(-c2ccsc2)no1)N1CCN(S(=O)(=O)c2ccc3ccccc3c2)CC1. The molecule has 0 radical (unpaired) electrons. The third kappa shape index (κ3) is 4.54. The lowest BCUT2D eigenvalue weighted by Crippen LogP contribution is -2.50. The molecule has 4 aromatic rings. The van der Waals surface area contributed by atoms with Gasteiger partial charge in [-0.05, 0) is 34.4 Å². The Labute approximate surface area is 195 Å². The number of rotatable bonds is 6. The van der Waals surface area contributed by atoms with Crippen molar-refractivity contribution in [1.82, 2.24) is 19.3 Å². The fourth-order valence-electron chi connectivity index (χ4n) is 3.89. The quantitative estimate of drug-likeness (QED) is 0.418. The number of aromatic nitrogens is 2. The van der Waals surface area contributed by atoms with Crippen molar-refractivity contribution in [2.75, 3.05) is 26.2 Å². The fourth-order valence-corrected chi connectivity index (χ4v) is 5.98. The first-order chi connectivity index (χ1) is 16.0. The van der Waals surface area contributed by atoms with E-state index in [-0.39, 0.29) is 30.3 Å². The van der Waals surface area contributed by atoms with Crippen LogP contribution < -0.4 is 0 Å². The molecule has 10 heteroatoms. The van der Waals surface area contributed by atoms with E-state index in [0.29, 0.717) is 31.2 Å². The Morgan fingerprint density at radius 1 is 1.03 bits per heavy atom. The molecule has 0 aliphatic carbocycles. The Morgan fingerprint density at radius 2 is 1.82 bits per heavy atom. The largest absolute Gasteiger partial charge is 0.340 e. The van der Waals surface area contributed by atoms with E-state index in [1.54, 1.807) is 28.4 Å². The number of nitrogens with zero attached hydrogens (tertiary/aromatic N) is 4. The zero-order valence-corrected chi connectivity index (χ0v) is 19.4. The van der Waals surface area contributed by atoms with E-state index < -0.39 is 10.0 Å². The van der Waals surface area contributed by atoms with Crippen LogP contribution in [0.4, 0.5) is 0 Å². The Bertz CT molecular complexity index is 1370. The van der Waals surface area contributed by atoms with Crippen LogP contribution in [0.15, 0.2) is 68.7 Å². The van der Waals surface area contributed by atoms with Crippen LogP contribution in [0.1, 0.15) is 12.3 Å². The molecule has 5 rings (SSSR count). The molecule has 0 bridgehead atoms. The van der Waals surface area contributed by atoms with Gasteiger partial charge in [-0.2, -0.15) is 20.6 Å². The van der Waals surface area contributed by atoms with E-state index in [0.717, 1.165) is 16.3 Å². The molecule has 0 atom stereocenters. The Kier molecular flexibility index (Phi) is 5.96. The topological polar surface area (TPSA) is 96.6 Å². The number of fused-ring (bicyclic) bond motifs is 1. The van der Waals surface area contributed by atoms with Gasteiger partial charge in [0.2, 0.25) is 27.6 Å². The first kappa shape index (κ1) is 21.7. The summed E-state index contributed by atoms with van der Waals surface area (Å²) in [7, 11) is -3.61. The van der Waals surface area contributed by atoms with Crippen molar-refractivity contribution in [1.29, 1.82) is 0 Å². The first-order valence-electron chi connectivity index (χ1n) is 10.6. The minimum Gasteiger partial charge on any atom is -0.340 e. The number of piperazine rings is 1. The lowest BCUT2D eigenvalue weighted by molar-refractivity contribution is -0.132. The van der Waals surface area contributed by atoms with Crippen LogP contribution in [0.25, 0.3) is 22.2 Å². The van der Waals surface area contributed by atoms with Gasteiger partial charge in [-0.1, -0.05) is 35.5 Å². The summed E-state index contributed by atoms with van der Waals surface area (Å²) in [6.45, 7) is 1.25. The van der Waals surface area contributed by atoms with Crippen molar-refractivity contribution in [2.45, 2.75) is 17.7 Å². The molecule has 0 unspecified atom stereocenters. The molecule has 3 heterocycles. The molecule has 0 spiro atoms. The average molecular weight is 483 g/mol. The van der Waals surface area contributed by atoms with Gasteiger partial charge in [0.1, 0.15) is 0 Å². The van der Waals surface area contributed by atoms with Crippen molar-refractivity contribution in [3.05, 3.63) is 65.2 Å². The normalized spacial score (nSPS) is 15.2. The number of amides is 1. The number of hydrogen-bond acceptors (Lipinski definition) is 7. The third-order valence-corrected chi connectivity index (χ3v) is 8.33. The lowest BCUT2D eigenvalue weighted by Gasteiger charge is -2.34. The molecular formula is C23H22N4O4S2. The van der Waals surface area contributed by atoms with Crippen molar-refractivity contribution in [3.8, 4) is 11.4 Å². The Morgan fingerprint density at radius 3 is 2.58 bits per heavy atom. The number of hydrogen-bond donors (Lipinski definition) is 0. The van der Waals surface area contributed by atoms with Gasteiger partial charge in [-0.25, -0.2) is 8.42 Å². The van der Waals surface area contributed by atoms with Crippen molar-refractivity contribution in [2.24, 2.45) is 0 Å². The molecular weight excluding hydrogens is 460 g/mol. The van der Waals surface area contributed by atoms with Crippen LogP contribution in [0, 0.1) is 0 Å². The molecule has 0 N–H and O–H groups in total. The second-order valence-electron chi connectivity index (χ2n) is 7.82. The van der Waals surface area contributed by atoms with Crippen molar-refractivity contribution < 1.29 is 17.7 Å². The lowest BCUT2D eigenvalue weighted by atomic mass is 10.1. The molecule has 2 aromatic carbocycles. The van der Waals surface area contributed by atoms with Crippen LogP contribution in [0.2, 0.25) is 0 Å². The van der Waals surface area contributed by atoms with E-state index >= 15 is 0 Å². The average Bonchev–Trinajstić information content (AvgIpc) is 3.54. The van der Waals surface area contributed by atoms with Gasteiger partial charge in [-0.3, -0.25) is 4.79 Å². The highest BCUT2D eigenvalue weighted by Gasteiger charge is 2.30. The van der Waals surface area contributed by atoms with Crippen LogP contribution in [0.3, 0.4) is 0 Å². The highest BCUT2D eigenvalue weighted by molar-refractivity contribution is 7.89. The summed E-state index contributed by atoms with van der Waals surface area (Å²) in [5.41, 5.74) is 0.894. The summed E-state index contributed by atoms with van der Waals surface area (Å²) in [4.78, 5) is 19.0. The molecule has 33 heavy (non-hydrogen) atoms. The third-order valence-electron chi connectivity index (χ3n) is 5.75. The molecule has 1 aliphatic heterocycles. The number of sulfonamides is 1. The highest BCUT2D eigenvalue weighted by Crippen LogP contribution is 2.23. The van der Waals surface area contributed by atoms with Gasteiger partial charge in [0, 0.05) is 50.0 Å². The Balaban J connectivity index is 1.17. The number of thiophene rings is 1. The van der Waals surface area contributed by atoms with Gasteiger partial charge in [0.15, 0.2) is 0 Å². The predicted octanol–water partition coefficient (Wildman–Crippen LogP) is 3.42. The molecule has 1 fully saturated rings. The minimum atomic E-state index is -3.61. The first-order valence-corrected chi connectivity index (χ1v) is 13.0. The van der Waals surface area contributed by atoms with Crippen LogP contribution in [-0.2, 0) is 21.2 Å². The summed E-state index contributed by atoms with van der Waals surface area (Å²) in [5, 5.41) is 9.71. The van der Waals surface area contributed by atoms with Crippen LogP contribution >= 0.6 is 11.3 Å². The molecule has 1 aliphatic rings. The Hall–Kier alpha value is -3.08. The van der Waals surface area contributed by atoms with Gasteiger partial charge >= 0.3 is 0 Å². The number of carbonyl (C=O) groups is 1. The maximum absolute atomic E-state index is 13.1. The van der Waals surface area contributed by atoms with Crippen molar-refractivity contribution >= 4 is 38.0 Å². The molecule has 2 aromatic heterocycles. The second-order valence-corrected chi connectivity index (χ2v) is 10.5. The van der Waals surface area contributed by atoms with Gasteiger partial charge < -0.3 is 9.42 Å². The number of aryl methyl sites for hydroxylation is 1.